The number of furan rings is 1. The zero-order chi connectivity index (χ0) is 20.9. The predicted octanol–water partition coefficient (Wildman–Crippen LogP) is 5.05. The third-order valence-corrected chi connectivity index (χ3v) is 6.30. The second kappa shape index (κ2) is 6.87. The zero-order valence-corrected chi connectivity index (χ0v) is 17.0. The molecule has 0 bridgehead atoms. The number of methoxy groups -OCH3 is 1. The number of ketones is 1. The molecule has 0 amide bonds. The van der Waals surface area contributed by atoms with Gasteiger partial charge in [0, 0.05) is 17.7 Å². The standard InChI is InChI=1S/C25H21N3O3/c1-30-17-10-8-15(9-11-17)16-13-19-23(21(29)14-16)24(22-7-4-12-31-22)28-20-6-3-2-5-18(20)26-25(28)27-19/h2-12,16,24H,13-14H2,1H3,(H,26,27)/t16-,24-/m1/s1. The molecule has 1 aliphatic carbocycles. The molecule has 0 unspecified atom stereocenters. The van der Waals surface area contributed by atoms with E-state index in [0.717, 1.165) is 51.7 Å². The van der Waals surface area contributed by atoms with Crippen LogP contribution in [0.15, 0.2) is 82.6 Å². The molecule has 3 heterocycles. The number of fused-ring (bicyclic) bond motifs is 3. The minimum absolute atomic E-state index is 0.109. The SMILES string of the molecule is COc1ccc([C@H]2CC(=O)C3=C(C2)Nc2nc4ccccc4n2[C@@H]3c2ccco2)cc1. The lowest BCUT2D eigenvalue weighted by Gasteiger charge is -2.35. The maximum absolute atomic E-state index is 13.5. The molecule has 2 aromatic carbocycles. The van der Waals surface area contributed by atoms with Crippen LogP contribution in [0, 0.1) is 0 Å². The molecule has 0 radical (unpaired) electrons. The van der Waals surface area contributed by atoms with Crippen LogP contribution >= 0.6 is 0 Å². The first-order valence-electron chi connectivity index (χ1n) is 10.4. The number of hydrogen-bond acceptors (Lipinski definition) is 5. The van der Waals surface area contributed by atoms with Gasteiger partial charge in [-0.15, -0.1) is 0 Å². The molecule has 0 saturated heterocycles. The van der Waals surface area contributed by atoms with Crippen LogP contribution in [0.4, 0.5) is 5.95 Å². The van der Waals surface area contributed by atoms with Gasteiger partial charge in [0.25, 0.3) is 0 Å². The Morgan fingerprint density at radius 1 is 1.06 bits per heavy atom. The molecule has 0 spiro atoms. The Morgan fingerprint density at radius 3 is 2.68 bits per heavy atom. The average Bonchev–Trinajstić information content (AvgIpc) is 3.45. The highest BCUT2D eigenvalue weighted by molar-refractivity contribution is 6.00. The number of rotatable bonds is 3. The number of allylic oxidation sites excluding steroid dienone is 2. The number of aromatic nitrogens is 2. The summed E-state index contributed by atoms with van der Waals surface area (Å²) in [6.45, 7) is 0. The molecule has 2 aliphatic rings. The van der Waals surface area contributed by atoms with Gasteiger partial charge in [-0.05, 0) is 54.3 Å². The van der Waals surface area contributed by atoms with Crippen molar-refractivity contribution in [2.24, 2.45) is 0 Å². The van der Waals surface area contributed by atoms with Crippen molar-refractivity contribution in [3.05, 3.63) is 89.5 Å². The van der Waals surface area contributed by atoms with E-state index in [1.807, 2.05) is 60.7 Å². The van der Waals surface area contributed by atoms with Crippen LogP contribution in [0.2, 0.25) is 0 Å². The van der Waals surface area contributed by atoms with Gasteiger partial charge in [-0.25, -0.2) is 4.98 Å². The predicted molar refractivity (Wildman–Crippen MR) is 117 cm³/mol. The largest absolute Gasteiger partial charge is 0.497 e. The number of carbonyl (C=O) groups is 1. The highest BCUT2D eigenvalue weighted by Crippen LogP contribution is 2.46. The fourth-order valence-electron chi connectivity index (χ4n) is 4.85. The van der Waals surface area contributed by atoms with Crippen molar-refractivity contribution in [2.75, 3.05) is 12.4 Å². The molecule has 154 valence electrons. The Morgan fingerprint density at radius 2 is 1.90 bits per heavy atom. The van der Waals surface area contributed by atoms with E-state index in [4.69, 9.17) is 14.1 Å². The van der Waals surface area contributed by atoms with Crippen molar-refractivity contribution in [1.82, 2.24) is 9.55 Å². The fourth-order valence-corrected chi connectivity index (χ4v) is 4.85. The van der Waals surface area contributed by atoms with E-state index < -0.39 is 0 Å². The Kier molecular flexibility index (Phi) is 3.99. The van der Waals surface area contributed by atoms with Gasteiger partial charge >= 0.3 is 0 Å². The molecular weight excluding hydrogens is 390 g/mol. The number of para-hydroxylation sites is 2. The first-order valence-corrected chi connectivity index (χ1v) is 10.4. The molecular formula is C25H21N3O3. The fraction of sp³-hybridized carbons (Fsp3) is 0.200. The van der Waals surface area contributed by atoms with Crippen molar-refractivity contribution in [2.45, 2.75) is 24.8 Å². The second-order valence-electron chi connectivity index (χ2n) is 8.03. The highest BCUT2D eigenvalue weighted by atomic mass is 16.5. The smallest absolute Gasteiger partial charge is 0.209 e. The van der Waals surface area contributed by atoms with Gasteiger partial charge in [0.15, 0.2) is 5.78 Å². The summed E-state index contributed by atoms with van der Waals surface area (Å²) in [6, 6.07) is 19.4. The second-order valence-corrected chi connectivity index (χ2v) is 8.03. The minimum Gasteiger partial charge on any atom is -0.497 e. The molecule has 4 aromatic rings. The summed E-state index contributed by atoms with van der Waals surface area (Å²) in [5, 5.41) is 3.48. The average molecular weight is 411 g/mol. The molecule has 6 rings (SSSR count). The molecule has 31 heavy (non-hydrogen) atoms. The highest BCUT2D eigenvalue weighted by Gasteiger charge is 2.40. The third kappa shape index (κ3) is 2.79. The van der Waals surface area contributed by atoms with Crippen molar-refractivity contribution < 1.29 is 13.9 Å². The van der Waals surface area contributed by atoms with E-state index >= 15 is 0 Å². The van der Waals surface area contributed by atoms with E-state index in [2.05, 4.69) is 9.88 Å². The van der Waals surface area contributed by atoms with Crippen LogP contribution in [-0.4, -0.2) is 22.4 Å². The molecule has 6 heteroatoms. The van der Waals surface area contributed by atoms with E-state index in [1.165, 1.54) is 0 Å². The van der Waals surface area contributed by atoms with Crippen LogP contribution in [0.25, 0.3) is 11.0 Å². The van der Waals surface area contributed by atoms with E-state index in [9.17, 15) is 4.79 Å². The quantitative estimate of drug-likeness (QED) is 0.511. The Hall–Kier alpha value is -3.80. The van der Waals surface area contributed by atoms with Crippen molar-refractivity contribution in [1.29, 1.82) is 0 Å². The summed E-state index contributed by atoms with van der Waals surface area (Å²) in [5.41, 5.74) is 4.70. The Bertz CT molecular complexity index is 1320. The topological polar surface area (TPSA) is 69.3 Å². The van der Waals surface area contributed by atoms with Gasteiger partial charge < -0.3 is 14.5 Å². The molecule has 0 saturated carbocycles. The maximum Gasteiger partial charge on any atom is 0.209 e. The van der Waals surface area contributed by atoms with Crippen molar-refractivity contribution in [3.63, 3.8) is 0 Å². The lowest BCUT2D eigenvalue weighted by Crippen LogP contribution is -2.32. The van der Waals surface area contributed by atoms with E-state index in [1.54, 1.807) is 13.4 Å². The molecule has 1 aliphatic heterocycles. The molecule has 6 nitrogen and oxygen atoms in total. The van der Waals surface area contributed by atoms with Gasteiger partial charge in [0.1, 0.15) is 17.6 Å². The van der Waals surface area contributed by atoms with Crippen LogP contribution in [0.3, 0.4) is 0 Å². The summed E-state index contributed by atoms with van der Waals surface area (Å²) in [6.07, 6.45) is 2.86. The van der Waals surface area contributed by atoms with Crippen LogP contribution < -0.4 is 10.1 Å². The first kappa shape index (κ1) is 18.0. The van der Waals surface area contributed by atoms with E-state index in [-0.39, 0.29) is 17.7 Å². The summed E-state index contributed by atoms with van der Waals surface area (Å²) < 4.78 is 13.2. The van der Waals surface area contributed by atoms with Crippen LogP contribution in [-0.2, 0) is 4.79 Å². The lowest BCUT2D eigenvalue weighted by atomic mass is 9.78. The first-order chi connectivity index (χ1) is 15.2. The summed E-state index contributed by atoms with van der Waals surface area (Å²) in [4.78, 5) is 18.3. The summed E-state index contributed by atoms with van der Waals surface area (Å²) >= 11 is 0. The van der Waals surface area contributed by atoms with Gasteiger partial charge in [-0.3, -0.25) is 9.36 Å². The number of benzene rings is 2. The van der Waals surface area contributed by atoms with Crippen LogP contribution in [0.1, 0.15) is 36.1 Å². The van der Waals surface area contributed by atoms with Gasteiger partial charge in [-0.2, -0.15) is 0 Å². The maximum atomic E-state index is 13.5. The number of nitrogens with zero attached hydrogens (tertiary/aromatic N) is 2. The third-order valence-electron chi connectivity index (χ3n) is 6.30. The van der Waals surface area contributed by atoms with Crippen molar-refractivity contribution >= 4 is 22.8 Å². The summed E-state index contributed by atoms with van der Waals surface area (Å²) in [5.74, 6) is 2.55. The molecule has 2 atom stereocenters. The number of hydrogen-bond donors (Lipinski definition) is 1. The Balaban J connectivity index is 1.47. The van der Waals surface area contributed by atoms with Gasteiger partial charge in [0.2, 0.25) is 5.95 Å². The zero-order valence-electron chi connectivity index (χ0n) is 17.0. The minimum atomic E-state index is -0.321. The number of carbonyl (C=O) groups excluding carboxylic acids is 1. The van der Waals surface area contributed by atoms with E-state index in [0.29, 0.717) is 6.42 Å². The normalized spacial score (nSPS) is 20.4. The number of imidazole rings is 1. The van der Waals surface area contributed by atoms with Crippen molar-refractivity contribution in [3.8, 4) is 5.75 Å². The van der Waals surface area contributed by atoms with Crippen LogP contribution in [0.5, 0.6) is 5.75 Å². The number of ether oxygens (including phenoxy) is 1. The Labute approximate surface area is 179 Å². The lowest BCUT2D eigenvalue weighted by molar-refractivity contribution is -0.116. The molecule has 0 fully saturated rings. The number of anilines is 1. The molecule has 1 N–H and O–H groups in total. The number of nitrogens with one attached hydrogen (secondary N) is 1. The monoisotopic (exact) mass is 411 g/mol. The summed E-state index contributed by atoms with van der Waals surface area (Å²) in [7, 11) is 1.66. The number of Topliss-reactive ketones (excluding diaryl/α,β-unsaturated/α-hetero) is 1. The molecule has 2 aromatic heterocycles. The van der Waals surface area contributed by atoms with Gasteiger partial charge in [0.05, 0.1) is 24.4 Å². The van der Waals surface area contributed by atoms with Gasteiger partial charge in [-0.1, -0.05) is 24.3 Å².